The first-order valence-electron chi connectivity index (χ1n) is 7.16. The fourth-order valence-corrected chi connectivity index (χ4v) is 3.71. The Kier molecular flexibility index (Phi) is 4.39. The second kappa shape index (κ2) is 6.31. The average molecular weight is 351 g/mol. The molecule has 2 aromatic rings. The number of amides is 1. The number of aryl methyl sites for hydroxylation is 2. The zero-order valence-electron chi connectivity index (χ0n) is 12.2. The molecule has 0 unspecified atom stereocenters. The fraction of sp³-hybridized carbons (Fsp3) is 0.188. The molecule has 1 aliphatic rings. The lowest BCUT2D eigenvalue weighted by Crippen LogP contribution is -2.41. The van der Waals surface area contributed by atoms with E-state index in [0.717, 1.165) is 24.8 Å². The van der Waals surface area contributed by atoms with Crippen molar-refractivity contribution in [3.63, 3.8) is 0 Å². The van der Waals surface area contributed by atoms with E-state index in [2.05, 4.69) is 10.3 Å². The van der Waals surface area contributed by atoms with Gasteiger partial charge in [-0.1, -0.05) is 29.8 Å². The molecule has 0 heterocycles. The number of rotatable bonds is 4. The van der Waals surface area contributed by atoms with Gasteiger partial charge in [-0.3, -0.25) is 10.2 Å². The number of hydrogen-bond acceptors (Lipinski definition) is 3. The summed E-state index contributed by atoms with van der Waals surface area (Å²) < 4.78 is 24.6. The molecule has 5 nitrogen and oxygen atoms in total. The highest BCUT2D eigenvalue weighted by molar-refractivity contribution is 7.89. The predicted molar refractivity (Wildman–Crippen MR) is 87.7 cm³/mol. The lowest BCUT2D eigenvalue weighted by molar-refractivity contribution is 0.0945. The van der Waals surface area contributed by atoms with Crippen LogP contribution in [0, 0.1) is 0 Å². The Balaban J connectivity index is 1.74. The summed E-state index contributed by atoms with van der Waals surface area (Å²) in [6, 6.07) is 11.4. The second-order valence-corrected chi connectivity index (χ2v) is 7.41. The molecule has 0 saturated carbocycles. The van der Waals surface area contributed by atoms with E-state index >= 15 is 0 Å². The van der Waals surface area contributed by atoms with Gasteiger partial charge in [0.05, 0.1) is 15.5 Å². The molecule has 1 aliphatic carbocycles. The van der Waals surface area contributed by atoms with Gasteiger partial charge in [0.15, 0.2) is 0 Å². The SMILES string of the molecule is O=C(NNS(=O)(=O)c1ccc2c(c1)CCC2)c1ccccc1Cl. The van der Waals surface area contributed by atoms with Crippen molar-refractivity contribution in [2.24, 2.45) is 0 Å². The third-order valence-corrected chi connectivity index (χ3v) is 5.37. The van der Waals surface area contributed by atoms with Gasteiger partial charge in [-0.25, -0.2) is 8.42 Å². The molecule has 0 aromatic heterocycles. The number of benzene rings is 2. The van der Waals surface area contributed by atoms with E-state index in [-0.39, 0.29) is 15.5 Å². The molecule has 2 aromatic carbocycles. The van der Waals surface area contributed by atoms with Gasteiger partial charge in [0.25, 0.3) is 15.9 Å². The number of nitrogens with one attached hydrogen (secondary N) is 2. The summed E-state index contributed by atoms with van der Waals surface area (Å²) in [6.45, 7) is 0. The lowest BCUT2D eigenvalue weighted by Gasteiger charge is -2.10. The molecule has 7 heteroatoms. The van der Waals surface area contributed by atoms with Crippen molar-refractivity contribution >= 4 is 27.5 Å². The van der Waals surface area contributed by atoms with Crippen LogP contribution in [0.1, 0.15) is 27.9 Å². The van der Waals surface area contributed by atoms with Crippen LogP contribution in [-0.2, 0) is 22.9 Å². The Morgan fingerprint density at radius 2 is 1.78 bits per heavy atom. The maximum Gasteiger partial charge on any atom is 0.267 e. The molecule has 3 rings (SSSR count). The van der Waals surface area contributed by atoms with Gasteiger partial charge in [0.2, 0.25) is 0 Å². The summed E-state index contributed by atoms with van der Waals surface area (Å²) in [5.41, 5.74) is 4.62. The zero-order chi connectivity index (χ0) is 16.4. The maximum atomic E-state index is 12.3. The molecule has 0 radical (unpaired) electrons. The Bertz CT molecular complexity index is 865. The Hall–Kier alpha value is -1.89. The van der Waals surface area contributed by atoms with Crippen LogP contribution in [0.5, 0.6) is 0 Å². The molecule has 0 fully saturated rings. The van der Waals surface area contributed by atoms with Crippen LogP contribution in [0.3, 0.4) is 0 Å². The third kappa shape index (κ3) is 3.39. The largest absolute Gasteiger partial charge is 0.273 e. The standard InChI is InChI=1S/C16H15ClN2O3S/c17-15-7-2-1-6-14(15)16(20)18-19-23(21,22)13-9-8-11-4-3-5-12(11)10-13/h1-2,6-10,19H,3-5H2,(H,18,20). The molecule has 2 N–H and O–H groups in total. The summed E-state index contributed by atoms with van der Waals surface area (Å²) in [5.74, 6) is -0.611. The molecular weight excluding hydrogens is 336 g/mol. The molecule has 0 aliphatic heterocycles. The highest BCUT2D eigenvalue weighted by atomic mass is 35.5. The van der Waals surface area contributed by atoms with Crippen LogP contribution in [0.15, 0.2) is 47.4 Å². The molecule has 0 saturated heterocycles. The van der Waals surface area contributed by atoms with E-state index in [1.165, 1.54) is 11.6 Å². The number of carbonyl (C=O) groups excluding carboxylic acids is 1. The smallest absolute Gasteiger partial charge is 0.267 e. The Morgan fingerprint density at radius 1 is 1.04 bits per heavy atom. The molecular formula is C16H15ClN2O3S. The van der Waals surface area contributed by atoms with Crippen molar-refractivity contribution < 1.29 is 13.2 Å². The van der Waals surface area contributed by atoms with Crippen molar-refractivity contribution in [1.29, 1.82) is 0 Å². The number of hydrazine groups is 1. The van der Waals surface area contributed by atoms with E-state index in [1.54, 1.807) is 30.3 Å². The van der Waals surface area contributed by atoms with Crippen molar-refractivity contribution in [2.45, 2.75) is 24.2 Å². The van der Waals surface area contributed by atoms with Gasteiger partial charge >= 0.3 is 0 Å². The number of sulfonamides is 1. The molecule has 0 spiro atoms. The van der Waals surface area contributed by atoms with Crippen molar-refractivity contribution in [1.82, 2.24) is 10.3 Å². The van der Waals surface area contributed by atoms with Crippen LogP contribution in [0.2, 0.25) is 5.02 Å². The molecule has 0 bridgehead atoms. The Labute approximate surface area is 139 Å². The van der Waals surface area contributed by atoms with Crippen LogP contribution >= 0.6 is 11.6 Å². The predicted octanol–water partition coefficient (Wildman–Crippen LogP) is 2.45. The summed E-state index contributed by atoms with van der Waals surface area (Å²) >= 11 is 5.91. The van der Waals surface area contributed by atoms with Crippen molar-refractivity contribution in [2.75, 3.05) is 0 Å². The monoisotopic (exact) mass is 350 g/mol. The zero-order valence-corrected chi connectivity index (χ0v) is 13.7. The number of hydrogen-bond donors (Lipinski definition) is 2. The van der Waals surface area contributed by atoms with Gasteiger partial charge in [-0.2, -0.15) is 0 Å². The first kappa shape index (κ1) is 16.0. The van der Waals surface area contributed by atoms with E-state index in [1.807, 2.05) is 6.07 Å². The molecule has 1 amide bonds. The summed E-state index contributed by atoms with van der Waals surface area (Å²) in [4.78, 5) is 14.3. The first-order valence-corrected chi connectivity index (χ1v) is 9.02. The first-order chi connectivity index (χ1) is 11.0. The van der Waals surface area contributed by atoms with Crippen molar-refractivity contribution in [3.05, 3.63) is 64.2 Å². The summed E-state index contributed by atoms with van der Waals surface area (Å²) in [6.07, 6.45) is 2.90. The second-order valence-electron chi connectivity index (χ2n) is 5.32. The summed E-state index contributed by atoms with van der Waals surface area (Å²) in [5, 5.41) is 0.252. The van der Waals surface area contributed by atoms with Gasteiger partial charge in [-0.15, -0.1) is 4.83 Å². The molecule has 120 valence electrons. The van der Waals surface area contributed by atoms with E-state index in [9.17, 15) is 13.2 Å². The molecule has 23 heavy (non-hydrogen) atoms. The quantitative estimate of drug-likeness (QED) is 0.832. The topological polar surface area (TPSA) is 75.3 Å². The van der Waals surface area contributed by atoms with Gasteiger partial charge in [0.1, 0.15) is 0 Å². The Morgan fingerprint density at radius 3 is 2.57 bits per heavy atom. The summed E-state index contributed by atoms with van der Waals surface area (Å²) in [7, 11) is -3.82. The average Bonchev–Trinajstić information content (AvgIpc) is 3.00. The fourth-order valence-electron chi connectivity index (χ4n) is 2.60. The lowest BCUT2D eigenvalue weighted by atomic mass is 10.1. The maximum absolute atomic E-state index is 12.3. The highest BCUT2D eigenvalue weighted by Gasteiger charge is 2.19. The minimum absolute atomic E-state index is 0.137. The van der Waals surface area contributed by atoms with E-state index in [4.69, 9.17) is 11.6 Å². The minimum atomic E-state index is -3.82. The van der Waals surface area contributed by atoms with Crippen LogP contribution in [-0.4, -0.2) is 14.3 Å². The van der Waals surface area contributed by atoms with Crippen LogP contribution in [0.25, 0.3) is 0 Å². The number of fused-ring (bicyclic) bond motifs is 1. The number of halogens is 1. The van der Waals surface area contributed by atoms with Gasteiger partial charge in [-0.05, 0) is 54.7 Å². The van der Waals surface area contributed by atoms with Crippen molar-refractivity contribution in [3.8, 4) is 0 Å². The van der Waals surface area contributed by atoms with E-state index < -0.39 is 15.9 Å². The third-order valence-electron chi connectivity index (χ3n) is 3.80. The van der Waals surface area contributed by atoms with E-state index in [0.29, 0.717) is 0 Å². The van der Waals surface area contributed by atoms with Gasteiger partial charge < -0.3 is 0 Å². The number of carbonyl (C=O) groups is 1. The normalized spacial score (nSPS) is 13.6. The van der Waals surface area contributed by atoms with Crippen LogP contribution in [0.4, 0.5) is 0 Å². The highest BCUT2D eigenvalue weighted by Crippen LogP contribution is 2.24. The molecule has 0 atom stereocenters. The minimum Gasteiger partial charge on any atom is -0.273 e. The van der Waals surface area contributed by atoms with Crippen LogP contribution < -0.4 is 10.3 Å². The van der Waals surface area contributed by atoms with Gasteiger partial charge in [0, 0.05) is 0 Å².